The second-order valence-electron chi connectivity index (χ2n) is 2.78. The monoisotopic (exact) mass is 156 g/mol. The van der Waals surface area contributed by atoms with Crippen molar-refractivity contribution in [2.75, 3.05) is 7.11 Å². The van der Waals surface area contributed by atoms with E-state index in [1.54, 1.807) is 7.11 Å². The van der Waals surface area contributed by atoms with Gasteiger partial charge >= 0.3 is 0 Å². The van der Waals surface area contributed by atoms with Gasteiger partial charge in [0, 0.05) is 7.11 Å². The molecule has 0 rings (SSSR count). The molecule has 2 heteroatoms. The zero-order valence-corrected chi connectivity index (χ0v) is 7.46. The van der Waals surface area contributed by atoms with Gasteiger partial charge in [-0.05, 0) is 25.8 Å². The van der Waals surface area contributed by atoms with E-state index >= 15 is 0 Å². The number of carbonyl (C=O) groups is 1. The zero-order valence-electron chi connectivity index (χ0n) is 7.46. The molecule has 0 bridgehead atoms. The van der Waals surface area contributed by atoms with Gasteiger partial charge in [0.05, 0.1) is 5.60 Å². The highest BCUT2D eigenvalue weighted by Gasteiger charge is 2.18. The first-order valence-corrected chi connectivity index (χ1v) is 3.84. The van der Waals surface area contributed by atoms with E-state index in [0.29, 0.717) is 0 Å². The van der Waals surface area contributed by atoms with Crippen LogP contribution in [0.1, 0.15) is 26.7 Å². The highest BCUT2D eigenvalue weighted by atomic mass is 16.5. The largest absolute Gasteiger partial charge is 0.378 e. The molecule has 0 radical (unpaired) electrons. The van der Waals surface area contributed by atoms with E-state index in [1.165, 1.54) is 6.08 Å². The maximum absolute atomic E-state index is 9.94. The van der Waals surface area contributed by atoms with Crippen LogP contribution >= 0.6 is 0 Å². The number of ether oxygens (including phenoxy) is 1. The summed E-state index contributed by atoms with van der Waals surface area (Å²) in [4.78, 5) is 9.94. The van der Waals surface area contributed by atoms with Crippen molar-refractivity contribution >= 4 is 6.29 Å². The van der Waals surface area contributed by atoms with Crippen LogP contribution in [0.25, 0.3) is 0 Å². The van der Waals surface area contributed by atoms with Crippen LogP contribution in [0.5, 0.6) is 0 Å². The Balaban J connectivity index is 3.86. The van der Waals surface area contributed by atoms with Crippen LogP contribution in [0.15, 0.2) is 12.2 Å². The quantitative estimate of drug-likeness (QED) is 0.449. The fourth-order valence-electron chi connectivity index (χ4n) is 0.745. The fraction of sp³-hybridized carbons (Fsp3) is 0.667. The Bertz CT molecular complexity index is 134. The van der Waals surface area contributed by atoms with Crippen molar-refractivity contribution in [2.24, 2.45) is 0 Å². The van der Waals surface area contributed by atoms with Crippen LogP contribution in [-0.2, 0) is 9.53 Å². The van der Waals surface area contributed by atoms with E-state index in [4.69, 9.17) is 4.74 Å². The molecule has 64 valence electrons. The third-order valence-corrected chi connectivity index (χ3v) is 2.00. The van der Waals surface area contributed by atoms with Gasteiger partial charge in [0.2, 0.25) is 0 Å². The van der Waals surface area contributed by atoms with Gasteiger partial charge in [0.25, 0.3) is 0 Å². The number of carbonyl (C=O) groups excluding carboxylic acids is 1. The number of rotatable bonds is 5. The lowest BCUT2D eigenvalue weighted by atomic mass is 9.99. The molecule has 0 aliphatic carbocycles. The van der Waals surface area contributed by atoms with E-state index in [-0.39, 0.29) is 5.60 Å². The third-order valence-electron chi connectivity index (χ3n) is 2.00. The average molecular weight is 156 g/mol. The highest BCUT2D eigenvalue weighted by Crippen LogP contribution is 2.18. The molecule has 1 unspecified atom stereocenters. The van der Waals surface area contributed by atoms with E-state index < -0.39 is 0 Å². The summed E-state index contributed by atoms with van der Waals surface area (Å²) >= 11 is 0. The summed E-state index contributed by atoms with van der Waals surface area (Å²) in [6, 6.07) is 0. The highest BCUT2D eigenvalue weighted by molar-refractivity contribution is 5.64. The molecule has 0 saturated carbocycles. The molecule has 0 fully saturated rings. The Labute approximate surface area is 68.2 Å². The van der Waals surface area contributed by atoms with Crippen LogP contribution in [-0.4, -0.2) is 19.0 Å². The molecule has 0 spiro atoms. The first-order valence-electron chi connectivity index (χ1n) is 3.84. The molecule has 11 heavy (non-hydrogen) atoms. The number of methoxy groups -OCH3 is 1. The van der Waals surface area contributed by atoms with Crippen molar-refractivity contribution in [3.8, 4) is 0 Å². The summed E-state index contributed by atoms with van der Waals surface area (Å²) in [6.07, 6.45) is 5.87. The minimum Gasteiger partial charge on any atom is -0.378 e. The first-order chi connectivity index (χ1) is 5.18. The minimum atomic E-state index is -0.112. The normalized spacial score (nSPS) is 16.6. The van der Waals surface area contributed by atoms with Gasteiger partial charge in [0.15, 0.2) is 0 Å². The Morgan fingerprint density at radius 3 is 2.55 bits per heavy atom. The molecule has 0 aromatic heterocycles. The second-order valence-corrected chi connectivity index (χ2v) is 2.78. The number of hydrogen-bond acceptors (Lipinski definition) is 2. The Hall–Kier alpha value is -0.630. The van der Waals surface area contributed by atoms with Crippen molar-refractivity contribution in [3.63, 3.8) is 0 Å². The molecule has 0 amide bonds. The maximum Gasteiger partial charge on any atom is 0.142 e. The smallest absolute Gasteiger partial charge is 0.142 e. The Kier molecular flexibility index (Phi) is 4.79. The standard InChI is InChI=1S/C9H16O2/c1-4-9(2,11-3)7-5-6-8-10/h5-6,8H,4,7H2,1-3H3. The van der Waals surface area contributed by atoms with Crippen molar-refractivity contribution < 1.29 is 9.53 Å². The molecule has 0 aliphatic heterocycles. The lowest BCUT2D eigenvalue weighted by Gasteiger charge is -2.24. The van der Waals surface area contributed by atoms with Gasteiger partial charge in [-0.15, -0.1) is 0 Å². The van der Waals surface area contributed by atoms with Crippen molar-refractivity contribution in [1.29, 1.82) is 0 Å². The van der Waals surface area contributed by atoms with E-state index in [9.17, 15) is 4.79 Å². The van der Waals surface area contributed by atoms with Crippen LogP contribution in [0.2, 0.25) is 0 Å². The molecule has 0 heterocycles. The Morgan fingerprint density at radius 2 is 2.18 bits per heavy atom. The molecule has 0 aromatic carbocycles. The maximum atomic E-state index is 9.94. The van der Waals surface area contributed by atoms with E-state index in [1.807, 2.05) is 13.0 Å². The lowest BCUT2D eigenvalue weighted by Crippen LogP contribution is -2.24. The summed E-state index contributed by atoms with van der Waals surface area (Å²) in [6.45, 7) is 4.10. The summed E-state index contributed by atoms with van der Waals surface area (Å²) in [5.41, 5.74) is -0.112. The second kappa shape index (κ2) is 5.08. The van der Waals surface area contributed by atoms with Crippen molar-refractivity contribution in [3.05, 3.63) is 12.2 Å². The van der Waals surface area contributed by atoms with Gasteiger partial charge in [-0.2, -0.15) is 0 Å². The Morgan fingerprint density at radius 1 is 1.55 bits per heavy atom. The number of aldehydes is 1. The topological polar surface area (TPSA) is 26.3 Å². The van der Waals surface area contributed by atoms with Gasteiger partial charge in [-0.3, -0.25) is 4.79 Å². The minimum absolute atomic E-state index is 0.112. The molecule has 2 nitrogen and oxygen atoms in total. The SMILES string of the molecule is CCC(C)(CC=CC=O)OC. The van der Waals surface area contributed by atoms with Crippen molar-refractivity contribution in [2.45, 2.75) is 32.3 Å². The zero-order chi connectivity index (χ0) is 8.74. The van der Waals surface area contributed by atoms with Crippen LogP contribution in [0.4, 0.5) is 0 Å². The number of allylic oxidation sites excluding steroid dienone is 1. The van der Waals surface area contributed by atoms with E-state index in [0.717, 1.165) is 19.1 Å². The van der Waals surface area contributed by atoms with Gasteiger partial charge < -0.3 is 4.74 Å². The van der Waals surface area contributed by atoms with Crippen LogP contribution < -0.4 is 0 Å². The molecule has 0 aliphatic rings. The summed E-state index contributed by atoms with van der Waals surface area (Å²) in [5.74, 6) is 0. The summed E-state index contributed by atoms with van der Waals surface area (Å²) in [7, 11) is 1.69. The molecular formula is C9H16O2. The van der Waals surface area contributed by atoms with Gasteiger partial charge in [0.1, 0.15) is 6.29 Å². The molecule has 0 saturated heterocycles. The van der Waals surface area contributed by atoms with Crippen molar-refractivity contribution in [1.82, 2.24) is 0 Å². The molecular weight excluding hydrogens is 140 g/mol. The van der Waals surface area contributed by atoms with Crippen LogP contribution in [0.3, 0.4) is 0 Å². The first kappa shape index (κ1) is 10.4. The third kappa shape index (κ3) is 3.94. The summed E-state index contributed by atoms with van der Waals surface area (Å²) in [5, 5.41) is 0. The van der Waals surface area contributed by atoms with Gasteiger partial charge in [-0.25, -0.2) is 0 Å². The van der Waals surface area contributed by atoms with Gasteiger partial charge in [-0.1, -0.05) is 13.0 Å². The van der Waals surface area contributed by atoms with E-state index in [2.05, 4.69) is 6.92 Å². The lowest BCUT2D eigenvalue weighted by molar-refractivity contribution is -0.104. The predicted octanol–water partition coefficient (Wildman–Crippen LogP) is 1.95. The molecule has 0 aromatic rings. The fourth-order valence-corrected chi connectivity index (χ4v) is 0.745. The van der Waals surface area contributed by atoms with Crippen LogP contribution in [0, 0.1) is 0 Å². The molecule has 1 atom stereocenters. The average Bonchev–Trinajstić information content (AvgIpc) is 2.05. The summed E-state index contributed by atoms with van der Waals surface area (Å²) < 4.78 is 5.27. The molecule has 0 N–H and O–H groups in total. The number of hydrogen-bond donors (Lipinski definition) is 0. The predicted molar refractivity (Wildman–Crippen MR) is 45.5 cm³/mol.